The van der Waals surface area contributed by atoms with Gasteiger partial charge in [-0.05, 0) is 23.8 Å². The first-order valence-electron chi connectivity index (χ1n) is 6.54. The molecule has 0 unspecified atom stereocenters. The van der Waals surface area contributed by atoms with Gasteiger partial charge in [-0.3, -0.25) is 9.89 Å². The van der Waals surface area contributed by atoms with Crippen LogP contribution in [0.3, 0.4) is 0 Å². The molecule has 0 atom stereocenters. The predicted molar refractivity (Wildman–Crippen MR) is 88.0 cm³/mol. The van der Waals surface area contributed by atoms with Gasteiger partial charge in [-0.1, -0.05) is 49.1 Å². The summed E-state index contributed by atoms with van der Waals surface area (Å²) in [5, 5.41) is 9.88. The van der Waals surface area contributed by atoms with E-state index in [9.17, 15) is 4.79 Å². The van der Waals surface area contributed by atoms with Gasteiger partial charge in [0, 0.05) is 17.1 Å². The minimum atomic E-state index is -0.405. The van der Waals surface area contributed by atoms with E-state index in [0.717, 1.165) is 5.57 Å². The summed E-state index contributed by atoms with van der Waals surface area (Å²) in [6.07, 6.45) is 5.68. The zero-order chi connectivity index (χ0) is 15.9. The molecule has 1 heterocycles. The van der Waals surface area contributed by atoms with Gasteiger partial charge in [0.1, 0.15) is 5.82 Å². The molecule has 0 aliphatic rings. The fourth-order valence-electron chi connectivity index (χ4n) is 1.77. The molecule has 0 saturated carbocycles. The van der Waals surface area contributed by atoms with Gasteiger partial charge in [-0.2, -0.15) is 0 Å². The number of aromatic nitrogens is 3. The highest BCUT2D eigenvalue weighted by Gasteiger charge is 2.13. The van der Waals surface area contributed by atoms with E-state index in [1.807, 2.05) is 6.08 Å². The van der Waals surface area contributed by atoms with E-state index in [2.05, 4.69) is 33.7 Å². The number of benzene rings is 1. The highest BCUT2D eigenvalue weighted by atomic mass is 35.5. The number of rotatable bonds is 6. The Kier molecular flexibility index (Phi) is 5.27. The second-order valence-corrected chi connectivity index (χ2v) is 4.86. The van der Waals surface area contributed by atoms with Crippen LogP contribution in [0.1, 0.15) is 16.4 Å². The normalized spacial score (nSPS) is 11.0. The molecule has 2 N–H and O–H groups in total. The number of hydrogen-bond acceptors (Lipinski definition) is 3. The van der Waals surface area contributed by atoms with Crippen LogP contribution in [0.5, 0.6) is 0 Å². The van der Waals surface area contributed by atoms with Crippen molar-refractivity contribution in [3.8, 4) is 0 Å². The number of carbonyl (C=O) groups is 1. The fourth-order valence-corrected chi connectivity index (χ4v) is 1.96. The largest absolute Gasteiger partial charge is 0.319 e. The number of H-pyrrole nitrogens is 1. The number of allylic oxidation sites excluding steroid dienone is 4. The van der Waals surface area contributed by atoms with Crippen LogP contribution >= 0.6 is 11.6 Å². The number of aromatic amines is 1. The zero-order valence-corrected chi connectivity index (χ0v) is 12.6. The summed E-state index contributed by atoms with van der Waals surface area (Å²) in [5.41, 5.74) is 1.51. The van der Waals surface area contributed by atoms with Crippen molar-refractivity contribution in [2.45, 2.75) is 6.42 Å². The third-order valence-electron chi connectivity index (χ3n) is 2.78. The molecule has 0 saturated heterocycles. The molecule has 1 aromatic heterocycles. The molecule has 2 aromatic rings. The van der Waals surface area contributed by atoms with Gasteiger partial charge in [0.2, 0.25) is 5.82 Å². The molecule has 2 rings (SSSR count). The molecular weight excluding hydrogens is 300 g/mol. The van der Waals surface area contributed by atoms with Crippen molar-refractivity contribution in [3.05, 3.63) is 77.9 Å². The third-order valence-corrected chi connectivity index (χ3v) is 3.02. The average Bonchev–Trinajstić information content (AvgIpc) is 2.95. The van der Waals surface area contributed by atoms with E-state index >= 15 is 0 Å². The van der Waals surface area contributed by atoms with Gasteiger partial charge in [0.15, 0.2) is 0 Å². The average molecular weight is 315 g/mol. The predicted octanol–water partition coefficient (Wildman–Crippen LogP) is 3.55. The second-order valence-electron chi connectivity index (χ2n) is 4.43. The molecule has 0 bridgehead atoms. The summed E-state index contributed by atoms with van der Waals surface area (Å²) >= 11 is 5.87. The lowest BCUT2D eigenvalue weighted by atomic mass is 10.1. The maximum absolute atomic E-state index is 12.1. The number of nitrogens with zero attached hydrogens (tertiary/aromatic N) is 2. The molecule has 0 aliphatic heterocycles. The van der Waals surface area contributed by atoms with Crippen molar-refractivity contribution in [1.29, 1.82) is 0 Å². The molecule has 1 amide bonds. The van der Waals surface area contributed by atoms with Crippen molar-refractivity contribution >= 4 is 23.2 Å². The molecule has 0 aliphatic carbocycles. The lowest BCUT2D eigenvalue weighted by Gasteiger charge is -2.02. The third kappa shape index (κ3) is 4.17. The molecule has 22 heavy (non-hydrogen) atoms. The van der Waals surface area contributed by atoms with Crippen molar-refractivity contribution in [3.63, 3.8) is 0 Å². The first-order chi connectivity index (χ1) is 10.6. The summed E-state index contributed by atoms with van der Waals surface area (Å²) in [7, 11) is 0. The molecule has 0 spiro atoms. The van der Waals surface area contributed by atoms with E-state index in [1.54, 1.807) is 36.4 Å². The van der Waals surface area contributed by atoms with Crippen LogP contribution in [0, 0.1) is 0 Å². The maximum atomic E-state index is 12.1. The summed E-state index contributed by atoms with van der Waals surface area (Å²) in [6.45, 7) is 7.34. The number of amides is 1. The first-order valence-corrected chi connectivity index (χ1v) is 6.92. The van der Waals surface area contributed by atoms with Crippen LogP contribution in [0.25, 0.3) is 0 Å². The molecule has 112 valence electrons. The summed E-state index contributed by atoms with van der Waals surface area (Å²) in [5.74, 6) is 0.235. The maximum Gasteiger partial charge on any atom is 0.295 e. The Bertz CT molecular complexity index is 733. The molecule has 6 heteroatoms. The Morgan fingerprint density at radius 3 is 2.91 bits per heavy atom. The van der Waals surface area contributed by atoms with Crippen molar-refractivity contribution in [2.75, 3.05) is 5.32 Å². The number of hydrogen-bond donors (Lipinski definition) is 2. The van der Waals surface area contributed by atoms with Gasteiger partial charge in [-0.15, -0.1) is 5.10 Å². The molecule has 5 nitrogen and oxygen atoms in total. The Balaban J connectivity index is 2.07. The molecule has 1 aromatic carbocycles. The summed E-state index contributed by atoms with van der Waals surface area (Å²) in [6, 6.07) is 6.86. The van der Waals surface area contributed by atoms with E-state index < -0.39 is 5.91 Å². The summed E-state index contributed by atoms with van der Waals surface area (Å²) in [4.78, 5) is 16.2. The summed E-state index contributed by atoms with van der Waals surface area (Å²) < 4.78 is 0. The van der Waals surface area contributed by atoms with Crippen LogP contribution in [-0.4, -0.2) is 21.1 Å². The standard InChI is InChI=1S/C16H15ClN4O/c1-3-6-11(4-2)9-14-19-15(21-20-14)16(22)18-13-8-5-7-12(17)10-13/h3-8,10H,1-2,9H2,(H,18,22)(H,19,20,21)/b11-6+. The van der Waals surface area contributed by atoms with Crippen LogP contribution in [-0.2, 0) is 6.42 Å². The minimum Gasteiger partial charge on any atom is -0.319 e. The van der Waals surface area contributed by atoms with Gasteiger partial charge < -0.3 is 5.32 Å². The highest BCUT2D eigenvalue weighted by molar-refractivity contribution is 6.30. The van der Waals surface area contributed by atoms with Crippen LogP contribution in [0.4, 0.5) is 5.69 Å². The zero-order valence-electron chi connectivity index (χ0n) is 11.8. The van der Waals surface area contributed by atoms with E-state index in [4.69, 9.17) is 11.6 Å². The van der Waals surface area contributed by atoms with Gasteiger partial charge >= 0.3 is 0 Å². The highest BCUT2D eigenvalue weighted by Crippen LogP contribution is 2.15. The van der Waals surface area contributed by atoms with Crippen LogP contribution in [0.15, 0.2) is 61.2 Å². The fraction of sp³-hybridized carbons (Fsp3) is 0.0625. The molecular formula is C16H15ClN4O. The first kappa shape index (κ1) is 15.7. The monoisotopic (exact) mass is 314 g/mol. The number of halogens is 1. The van der Waals surface area contributed by atoms with Crippen molar-refractivity contribution in [1.82, 2.24) is 15.2 Å². The Hall–Kier alpha value is -2.66. The van der Waals surface area contributed by atoms with Crippen molar-refractivity contribution < 1.29 is 4.79 Å². The second kappa shape index (κ2) is 7.38. The number of anilines is 1. The van der Waals surface area contributed by atoms with E-state index in [0.29, 0.717) is 23.0 Å². The quantitative estimate of drug-likeness (QED) is 0.801. The Labute approximate surface area is 133 Å². The lowest BCUT2D eigenvalue weighted by Crippen LogP contribution is -2.13. The van der Waals surface area contributed by atoms with Gasteiger partial charge in [0.25, 0.3) is 5.91 Å². The van der Waals surface area contributed by atoms with Crippen LogP contribution in [0.2, 0.25) is 5.02 Å². The van der Waals surface area contributed by atoms with E-state index in [-0.39, 0.29) is 5.82 Å². The molecule has 0 radical (unpaired) electrons. The number of nitrogens with one attached hydrogen (secondary N) is 2. The Morgan fingerprint density at radius 1 is 1.41 bits per heavy atom. The lowest BCUT2D eigenvalue weighted by molar-refractivity contribution is 0.101. The smallest absolute Gasteiger partial charge is 0.295 e. The molecule has 0 fully saturated rings. The van der Waals surface area contributed by atoms with Gasteiger partial charge in [0.05, 0.1) is 0 Å². The minimum absolute atomic E-state index is 0.0667. The SMILES string of the molecule is C=C/C=C(\C=C)Cc1nc(C(=O)Nc2cccc(Cl)c2)n[nH]1. The number of carbonyl (C=O) groups excluding carboxylic acids is 1. The van der Waals surface area contributed by atoms with E-state index in [1.165, 1.54) is 0 Å². The Morgan fingerprint density at radius 2 is 2.23 bits per heavy atom. The topological polar surface area (TPSA) is 70.7 Å². The van der Waals surface area contributed by atoms with Crippen LogP contribution < -0.4 is 5.32 Å². The van der Waals surface area contributed by atoms with Gasteiger partial charge in [-0.25, -0.2) is 4.98 Å². The van der Waals surface area contributed by atoms with Crippen molar-refractivity contribution in [2.24, 2.45) is 0 Å².